The van der Waals surface area contributed by atoms with E-state index >= 15 is 0 Å². The van der Waals surface area contributed by atoms with Crippen LogP contribution in [-0.4, -0.2) is 11.5 Å². The summed E-state index contributed by atoms with van der Waals surface area (Å²) in [6.45, 7) is 7.25. The van der Waals surface area contributed by atoms with E-state index in [0.717, 1.165) is 23.7 Å². The van der Waals surface area contributed by atoms with E-state index < -0.39 is 0 Å². The normalized spacial score (nSPS) is 12.4. The van der Waals surface area contributed by atoms with Crippen LogP contribution >= 0.6 is 11.3 Å². The van der Waals surface area contributed by atoms with Crippen LogP contribution in [0.1, 0.15) is 42.6 Å². The molecular formula is C16H21FN2OS. The van der Waals surface area contributed by atoms with E-state index in [2.05, 4.69) is 17.2 Å². The molecule has 1 aromatic carbocycles. The minimum Gasteiger partial charge on any atom is -0.486 e. The molecule has 114 valence electrons. The summed E-state index contributed by atoms with van der Waals surface area (Å²) in [6, 6.07) is 5.04. The van der Waals surface area contributed by atoms with Crippen LogP contribution in [0.3, 0.4) is 0 Å². The molecule has 0 saturated heterocycles. The Hall–Kier alpha value is -1.46. The molecule has 0 fully saturated rings. The smallest absolute Gasteiger partial charge is 0.140 e. The van der Waals surface area contributed by atoms with Gasteiger partial charge < -0.3 is 10.1 Å². The fourth-order valence-electron chi connectivity index (χ4n) is 2.03. The third-order valence-corrected chi connectivity index (χ3v) is 4.11. The topological polar surface area (TPSA) is 34.1 Å². The van der Waals surface area contributed by atoms with E-state index in [1.807, 2.05) is 25.3 Å². The van der Waals surface area contributed by atoms with Crippen LogP contribution in [0.15, 0.2) is 23.6 Å². The van der Waals surface area contributed by atoms with Gasteiger partial charge in [-0.05, 0) is 32.9 Å². The van der Waals surface area contributed by atoms with Gasteiger partial charge in [0.2, 0.25) is 0 Å². The number of halogens is 1. The predicted octanol–water partition coefficient (Wildman–Crippen LogP) is 4.23. The molecule has 0 bridgehead atoms. The average Bonchev–Trinajstić information content (AvgIpc) is 2.88. The zero-order valence-corrected chi connectivity index (χ0v) is 13.5. The first-order chi connectivity index (χ1) is 10.1. The van der Waals surface area contributed by atoms with Crippen LogP contribution in [0, 0.1) is 12.7 Å². The summed E-state index contributed by atoms with van der Waals surface area (Å²) in [7, 11) is 0. The molecule has 0 aliphatic carbocycles. The lowest BCUT2D eigenvalue weighted by Crippen LogP contribution is -2.20. The molecule has 0 radical (unpaired) electrons. The Morgan fingerprint density at radius 1 is 1.43 bits per heavy atom. The van der Waals surface area contributed by atoms with E-state index in [4.69, 9.17) is 4.74 Å². The maximum Gasteiger partial charge on any atom is 0.140 e. The van der Waals surface area contributed by atoms with Crippen LogP contribution < -0.4 is 10.1 Å². The molecule has 0 saturated carbocycles. The van der Waals surface area contributed by atoms with Crippen molar-refractivity contribution >= 4 is 11.3 Å². The maximum atomic E-state index is 14.1. The van der Waals surface area contributed by atoms with Gasteiger partial charge in [0, 0.05) is 28.7 Å². The molecule has 1 aromatic heterocycles. The lowest BCUT2D eigenvalue weighted by Gasteiger charge is -2.15. The molecule has 21 heavy (non-hydrogen) atoms. The third kappa shape index (κ3) is 4.51. The quantitative estimate of drug-likeness (QED) is 0.831. The van der Waals surface area contributed by atoms with Crippen LogP contribution in [0.2, 0.25) is 0 Å². The van der Waals surface area contributed by atoms with Crippen molar-refractivity contribution in [3.8, 4) is 5.75 Å². The fourth-order valence-corrected chi connectivity index (χ4v) is 2.72. The summed E-state index contributed by atoms with van der Waals surface area (Å²) < 4.78 is 19.7. The molecule has 1 N–H and O–H groups in total. The molecule has 0 aliphatic rings. The van der Waals surface area contributed by atoms with Gasteiger partial charge in [0.05, 0.1) is 0 Å². The molecule has 1 unspecified atom stereocenters. The number of rotatable bonds is 7. The Balaban J connectivity index is 1.98. The van der Waals surface area contributed by atoms with Gasteiger partial charge >= 0.3 is 0 Å². The van der Waals surface area contributed by atoms with Gasteiger partial charge in [0.25, 0.3) is 0 Å². The number of aryl methyl sites for hydroxylation is 1. The second kappa shape index (κ2) is 7.52. The first-order valence-corrected chi connectivity index (χ1v) is 8.04. The number of aromatic nitrogens is 1. The Labute approximate surface area is 129 Å². The fraction of sp³-hybridized carbons (Fsp3) is 0.438. The molecule has 2 aromatic rings. The van der Waals surface area contributed by atoms with E-state index in [1.54, 1.807) is 17.4 Å². The number of benzene rings is 1. The molecule has 2 rings (SSSR count). The van der Waals surface area contributed by atoms with E-state index in [9.17, 15) is 4.39 Å². The minimum atomic E-state index is -0.237. The monoisotopic (exact) mass is 308 g/mol. The first-order valence-electron chi connectivity index (χ1n) is 7.16. The lowest BCUT2D eigenvalue weighted by atomic mass is 10.1. The number of hydrogen-bond acceptors (Lipinski definition) is 4. The standard InChI is InChI=1S/C16H21FN2OS/c1-4-7-18-12(3)14-6-5-13(8-15(14)17)20-9-16-19-11(2)10-21-16/h5-6,8,10,12,18H,4,7,9H2,1-3H3. The largest absolute Gasteiger partial charge is 0.486 e. The van der Waals surface area contributed by atoms with Gasteiger partial charge in [-0.3, -0.25) is 0 Å². The van der Waals surface area contributed by atoms with Gasteiger partial charge in [-0.15, -0.1) is 11.3 Å². The summed E-state index contributed by atoms with van der Waals surface area (Å²) in [5, 5.41) is 6.15. The number of ether oxygens (including phenoxy) is 1. The number of nitrogens with one attached hydrogen (secondary N) is 1. The first kappa shape index (κ1) is 15.9. The van der Waals surface area contributed by atoms with Crippen molar-refractivity contribution in [2.45, 2.75) is 39.8 Å². The van der Waals surface area contributed by atoms with Crippen molar-refractivity contribution < 1.29 is 9.13 Å². The second-order valence-corrected chi connectivity index (χ2v) is 5.97. The summed E-state index contributed by atoms with van der Waals surface area (Å²) in [6.07, 6.45) is 1.03. The van der Waals surface area contributed by atoms with Crippen molar-refractivity contribution in [1.82, 2.24) is 10.3 Å². The van der Waals surface area contributed by atoms with Crippen LogP contribution in [0.25, 0.3) is 0 Å². The highest BCUT2D eigenvalue weighted by Gasteiger charge is 2.11. The Morgan fingerprint density at radius 2 is 2.24 bits per heavy atom. The number of hydrogen-bond donors (Lipinski definition) is 1. The Morgan fingerprint density at radius 3 is 2.86 bits per heavy atom. The Bertz CT molecular complexity index is 585. The molecule has 3 nitrogen and oxygen atoms in total. The SMILES string of the molecule is CCCNC(C)c1ccc(OCc2nc(C)cs2)cc1F. The molecular weight excluding hydrogens is 287 g/mol. The minimum absolute atomic E-state index is 0.000567. The highest BCUT2D eigenvalue weighted by Crippen LogP contribution is 2.23. The van der Waals surface area contributed by atoms with Gasteiger partial charge in [-0.25, -0.2) is 9.37 Å². The van der Waals surface area contributed by atoms with Crippen molar-refractivity contribution in [2.24, 2.45) is 0 Å². The van der Waals surface area contributed by atoms with Crippen molar-refractivity contribution in [1.29, 1.82) is 0 Å². The van der Waals surface area contributed by atoms with Gasteiger partial charge in [0.15, 0.2) is 0 Å². The van der Waals surface area contributed by atoms with Crippen LogP contribution in [0.4, 0.5) is 4.39 Å². The Kier molecular flexibility index (Phi) is 5.70. The lowest BCUT2D eigenvalue weighted by molar-refractivity contribution is 0.303. The van der Waals surface area contributed by atoms with Crippen LogP contribution in [-0.2, 0) is 6.61 Å². The molecule has 1 atom stereocenters. The van der Waals surface area contributed by atoms with Crippen molar-refractivity contribution in [3.05, 3.63) is 45.7 Å². The summed E-state index contributed by atoms with van der Waals surface area (Å²) in [5.74, 6) is 0.297. The number of nitrogens with zero attached hydrogens (tertiary/aromatic N) is 1. The van der Waals surface area contributed by atoms with Gasteiger partial charge in [-0.2, -0.15) is 0 Å². The number of thiazole rings is 1. The zero-order chi connectivity index (χ0) is 15.2. The average molecular weight is 308 g/mol. The van der Waals surface area contributed by atoms with Gasteiger partial charge in [-0.1, -0.05) is 13.0 Å². The van der Waals surface area contributed by atoms with Crippen LogP contribution in [0.5, 0.6) is 5.75 Å². The summed E-state index contributed by atoms with van der Waals surface area (Å²) in [5.41, 5.74) is 1.65. The molecule has 1 heterocycles. The molecule has 0 amide bonds. The van der Waals surface area contributed by atoms with E-state index in [1.165, 1.54) is 6.07 Å². The zero-order valence-electron chi connectivity index (χ0n) is 12.6. The van der Waals surface area contributed by atoms with E-state index in [-0.39, 0.29) is 11.9 Å². The summed E-state index contributed by atoms with van der Waals surface area (Å²) in [4.78, 5) is 4.32. The third-order valence-electron chi connectivity index (χ3n) is 3.17. The molecule has 0 aliphatic heterocycles. The maximum absolute atomic E-state index is 14.1. The molecule has 0 spiro atoms. The van der Waals surface area contributed by atoms with Crippen molar-refractivity contribution in [3.63, 3.8) is 0 Å². The van der Waals surface area contributed by atoms with Crippen molar-refractivity contribution in [2.75, 3.05) is 6.54 Å². The second-order valence-electron chi connectivity index (χ2n) is 5.03. The van der Waals surface area contributed by atoms with E-state index in [0.29, 0.717) is 17.9 Å². The predicted molar refractivity (Wildman–Crippen MR) is 84.3 cm³/mol. The summed E-state index contributed by atoms with van der Waals surface area (Å²) >= 11 is 1.55. The highest BCUT2D eigenvalue weighted by atomic mass is 32.1. The van der Waals surface area contributed by atoms with Gasteiger partial charge in [0.1, 0.15) is 23.2 Å². The molecule has 5 heteroatoms. The highest BCUT2D eigenvalue weighted by molar-refractivity contribution is 7.09.